The molecule has 0 amide bonds. The molecular formula is C19H24N6. The van der Waals surface area contributed by atoms with Crippen LogP contribution in [0.3, 0.4) is 0 Å². The van der Waals surface area contributed by atoms with Crippen molar-refractivity contribution >= 4 is 17.5 Å². The smallest absolute Gasteiger partial charge is 0.229 e. The van der Waals surface area contributed by atoms with Gasteiger partial charge in [-0.15, -0.1) is 0 Å². The summed E-state index contributed by atoms with van der Waals surface area (Å²) in [5.41, 5.74) is 2.49. The molecule has 1 aliphatic rings. The van der Waals surface area contributed by atoms with Crippen LogP contribution >= 0.6 is 0 Å². The third kappa shape index (κ3) is 4.25. The van der Waals surface area contributed by atoms with E-state index in [-0.39, 0.29) is 0 Å². The summed E-state index contributed by atoms with van der Waals surface area (Å²) in [6, 6.07) is 12.1. The Balaban J connectivity index is 1.86. The fraction of sp³-hybridized carbons (Fsp3) is 0.421. The van der Waals surface area contributed by atoms with Gasteiger partial charge < -0.3 is 15.5 Å². The number of benzene rings is 1. The lowest BCUT2D eigenvalue weighted by Gasteiger charge is -2.19. The molecule has 1 aliphatic heterocycles. The summed E-state index contributed by atoms with van der Waals surface area (Å²) < 4.78 is 0. The van der Waals surface area contributed by atoms with E-state index in [1.165, 1.54) is 0 Å². The molecule has 1 fully saturated rings. The molecule has 1 atom stereocenters. The molecule has 2 heterocycles. The number of hydrogen-bond acceptors (Lipinski definition) is 6. The minimum Gasteiger partial charge on any atom is -0.355 e. The molecular weight excluding hydrogens is 312 g/mol. The van der Waals surface area contributed by atoms with Crippen LogP contribution in [-0.4, -0.2) is 36.1 Å². The normalized spacial score (nSPS) is 16.7. The van der Waals surface area contributed by atoms with Crippen LogP contribution in [0.4, 0.5) is 17.5 Å². The van der Waals surface area contributed by atoms with Gasteiger partial charge in [0.2, 0.25) is 5.95 Å². The third-order valence-corrected chi connectivity index (χ3v) is 4.44. The molecule has 0 radical (unpaired) electrons. The number of hydrogen-bond donors (Lipinski definition) is 2. The molecule has 2 aromatic rings. The highest BCUT2D eigenvalue weighted by Gasteiger charge is 2.23. The first-order valence-corrected chi connectivity index (χ1v) is 8.79. The van der Waals surface area contributed by atoms with E-state index in [9.17, 15) is 0 Å². The standard InChI is InChI=1S/C19H24N6/c1-3-5-15-11-18(25-9-8-17(13-25)21-2)24-19(22-15)23-16-7-4-6-14(10-16)12-20/h4,6-7,10-11,17,21H,3,5,8-9,13H2,1-2H3,(H,22,23,24)/t17-/m0/s1. The summed E-state index contributed by atoms with van der Waals surface area (Å²) in [5.74, 6) is 1.55. The second-order valence-corrected chi connectivity index (χ2v) is 6.33. The molecule has 6 heteroatoms. The number of aromatic nitrogens is 2. The molecule has 1 aromatic carbocycles. The quantitative estimate of drug-likeness (QED) is 0.845. The first kappa shape index (κ1) is 17.2. The molecule has 0 aliphatic carbocycles. The number of nitriles is 1. The van der Waals surface area contributed by atoms with Crippen LogP contribution in [0.1, 0.15) is 31.0 Å². The van der Waals surface area contributed by atoms with Crippen molar-refractivity contribution in [3.8, 4) is 6.07 Å². The number of likely N-dealkylation sites (N-methyl/N-ethyl adjacent to an activating group) is 1. The van der Waals surface area contributed by atoms with Crippen molar-refractivity contribution in [1.82, 2.24) is 15.3 Å². The minimum absolute atomic E-state index is 0.508. The van der Waals surface area contributed by atoms with Gasteiger partial charge in [-0.1, -0.05) is 19.4 Å². The Labute approximate surface area is 148 Å². The summed E-state index contributed by atoms with van der Waals surface area (Å²) in [4.78, 5) is 11.7. The van der Waals surface area contributed by atoms with Crippen LogP contribution in [0.2, 0.25) is 0 Å². The third-order valence-electron chi connectivity index (χ3n) is 4.44. The van der Waals surface area contributed by atoms with Crippen molar-refractivity contribution in [3.05, 3.63) is 41.6 Å². The van der Waals surface area contributed by atoms with E-state index >= 15 is 0 Å². The fourth-order valence-corrected chi connectivity index (χ4v) is 3.08. The molecule has 130 valence electrons. The van der Waals surface area contributed by atoms with Gasteiger partial charge in [0.05, 0.1) is 11.6 Å². The van der Waals surface area contributed by atoms with E-state index in [2.05, 4.69) is 39.6 Å². The van der Waals surface area contributed by atoms with Crippen molar-refractivity contribution in [2.24, 2.45) is 0 Å². The van der Waals surface area contributed by atoms with E-state index in [1.54, 1.807) is 6.07 Å². The van der Waals surface area contributed by atoms with Crippen molar-refractivity contribution < 1.29 is 0 Å². The second-order valence-electron chi connectivity index (χ2n) is 6.33. The van der Waals surface area contributed by atoms with Crippen LogP contribution < -0.4 is 15.5 Å². The van der Waals surface area contributed by atoms with Gasteiger partial charge in [0, 0.05) is 36.6 Å². The highest BCUT2D eigenvalue weighted by Crippen LogP contribution is 2.23. The van der Waals surface area contributed by atoms with Gasteiger partial charge in [0.1, 0.15) is 5.82 Å². The highest BCUT2D eigenvalue weighted by molar-refractivity contribution is 5.58. The summed E-state index contributed by atoms with van der Waals surface area (Å²) >= 11 is 0. The Kier molecular flexibility index (Phi) is 5.46. The zero-order chi connectivity index (χ0) is 17.6. The monoisotopic (exact) mass is 336 g/mol. The van der Waals surface area contributed by atoms with Crippen LogP contribution in [-0.2, 0) is 6.42 Å². The predicted molar refractivity (Wildman–Crippen MR) is 100 cm³/mol. The van der Waals surface area contributed by atoms with Gasteiger partial charge in [-0.25, -0.2) is 4.98 Å². The largest absolute Gasteiger partial charge is 0.355 e. The van der Waals surface area contributed by atoms with E-state index in [4.69, 9.17) is 10.2 Å². The average Bonchev–Trinajstić information content (AvgIpc) is 3.11. The summed E-state index contributed by atoms with van der Waals surface area (Å²) in [5, 5.41) is 15.6. The molecule has 1 aromatic heterocycles. The number of nitrogens with zero attached hydrogens (tertiary/aromatic N) is 4. The first-order valence-electron chi connectivity index (χ1n) is 8.79. The molecule has 2 N–H and O–H groups in total. The van der Waals surface area contributed by atoms with Gasteiger partial charge in [-0.3, -0.25) is 0 Å². The number of aryl methyl sites for hydroxylation is 1. The number of anilines is 3. The number of rotatable bonds is 6. The van der Waals surface area contributed by atoms with Crippen LogP contribution in [0.25, 0.3) is 0 Å². The van der Waals surface area contributed by atoms with Crippen molar-refractivity contribution in [3.63, 3.8) is 0 Å². The minimum atomic E-state index is 0.508. The van der Waals surface area contributed by atoms with Crippen molar-refractivity contribution in [2.75, 3.05) is 30.4 Å². The van der Waals surface area contributed by atoms with Gasteiger partial charge >= 0.3 is 0 Å². The zero-order valence-corrected chi connectivity index (χ0v) is 14.8. The van der Waals surface area contributed by atoms with Gasteiger partial charge in [-0.2, -0.15) is 10.2 Å². The van der Waals surface area contributed by atoms with Crippen LogP contribution in [0.15, 0.2) is 30.3 Å². The topological polar surface area (TPSA) is 76.9 Å². The Bertz CT molecular complexity index is 767. The zero-order valence-electron chi connectivity index (χ0n) is 14.8. The molecule has 25 heavy (non-hydrogen) atoms. The van der Waals surface area contributed by atoms with Gasteiger partial charge in [0.15, 0.2) is 0 Å². The predicted octanol–water partition coefficient (Wildman–Crippen LogP) is 2.84. The van der Waals surface area contributed by atoms with E-state index in [0.29, 0.717) is 17.6 Å². The average molecular weight is 336 g/mol. The van der Waals surface area contributed by atoms with E-state index in [1.807, 2.05) is 25.2 Å². The summed E-state index contributed by atoms with van der Waals surface area (Å²) in [6.45, 7) is 4.11. The summed E-state index contributed by atoms with van der Waals surface area (Å²) in [7, 11) is 2.01. The van der Waals surface area contributed by atoms with Crippen molar-refractivity contribution in [1.29, 1.82) is 5.26 Å². The molecule has 0 bridgehead atoms. The lowest BCUT2D eigenvalue weighted by Crippen LogP contribution is -2.30. The Morgan fingerprint density at radius 3 is 2.92 bits per heavy atom. The Morgan fingerprint density at radius 2 is 2.20 bits per heavy atom. The first-order chi connectivity index (χ1) is 12.2. The Hall–Kier alpha value is -2.65. The molecule has 1 saturated heterocycles. The maximum atomic E-state index is 9.06. The van der Waals surface area contributed by atoms with E-state index in [0.717, 1.165) is 49.6 Å². The van der Waals surface area contributed by atoms with Gasteiger partial charge in [-0.05, 0) is 38.1 Å². The molecule has 0 unspecified atom stereocenters. The molecule has 0 spiro atoms. The summed E-state index contributed by atoms with van der Waals surface area (Å²) in [6.07, 6.45) is 3.08. The second kappa shape index (κ2) is 7.95. The SMILES string of the molecule is CCCc1cc(N2CC[C@H](NC)C2)nc(Nc2cccc(C#N)c2)n1. The fourth-order valence-electron chi connectivity index (χ4n) is 3.08. The van der Waals surface area contributed by atoms with E-state index < -0.39 is 0 Å². The highest BCUT2D eigenvalue weighted by atomic mass is 15.3. The number of nitrogens with one attached hydrogen (secondary N) is 2. The van der Waals surface area contributed by atoms with Gasteiger partial charge in [0.25, 0.3) is 0 Å². The Morgan fingerprint density at radius 1 is 1.32 bits per heavy atom. The maximum absolute atomic E-state index is 9.06. The lowest BCUT2D eigenvalue weighted by molar-refractivity contribution is 0.616. The van der Waals surface area contributed by atoms with Crippen molar-refractivity contribution in [2.45, 2.75) is 32.2 Å². The molecule has 0 saturated carbocycles. The molecule has 3 rings (SSSR count). The molecule has 6 nitrogen and oxygen atoms in total. The van der Waals surface area contributed by atoms with Crippen LogP contribution in [0.5, 0.6) is 0 Å². The maximum Gasteiger partial charge on any atom is 0.229 e. The lowest BCUT2D eigenvalue weighted by atomic mass is 10.2. The van der Waals surface area contributed by atoms with Crippen LogP contribution in [0, 0.1) is 11.3 Å².